The van der Waals surface area contributed by atoms with E-state index < -0.39 is 11.7 Å². The number of rotatable bonds is 6. The molecule has 0 aliphatic rings. The molecule has 2 N–H and O–H groups in total. The Morgan fingerprint density at radius 1 is 1.10 bits per heavy atom. The van der Waals surface area contributed by atoms with E-state index in [0.29, 0.717) is 12.2 Å². The number of anilines is 2. The quantitative estimate of drug-likeness (QED) is 0.670. The Morgan fingerprint density at radius 2 is 1.90 bits per heavy atom. The van der Waals surface area contributed by atoms with Crippen molar-refractivity contribution in [2.75, 3.05) is 10.6 Å². The average Bonchev–Trinajstić information content (AvgIpc) is 3.03. The number of hydrogen-bond donors (Lipinski definition) is 2. The maximum Gasteiger partial charge on any atom is 0.256 e. The van der Waals surface area contributed by atoms with Gasteiger partial charge in [-0.1, -0.05) is 0 Å². The second-order valence-corrected chi connectivity index (χ2v) is 6.85. The second kappa shape index (κ2) is 8.64. The Morgan fingerprint density at radius 3 is 2.59 bits per heavy atom. The SMILES string of the molecule is Cc1cc(C)nc(NC(=O)c2cc(F)cc(NC(=O)CCc3ccnn3C)c2)c1. The summed E-state index contributed by atoms with van der Waals surface area (Å²) in [6.45, 7) is 3.72. The van der Waals surface area contributed by atoms with Crippen LogP contribution in [0.4, 0.5) is 15.9 Å². The summed E-state index contributed by atoms with van der Waals surface area (Å²) in [6.07, 6.45) is 2.38. The molecule has 0 aliphatic carbocycles. The van der Waals surface area contributed by atoms with Gasteiger partial charge in [-0.25, -0.2) is 9.37 Å². The van der Waals surface area contributed by atoms with E-state index >= 15 is 0 Å². The molecule has 1 aromatic carbocycles. The first-order valence-corrected chi connectivity index (χ1v) is 9.14. The van der Waals surface area contributed by atoms with Crippen LogP contribution < -0.4 is 10.6 Å². The van der Waals surface area contributed by atoms with Gasteiger partial charge >= 0.3 is 0 Å². The number of aryl methyl sites for hydroxylation is 4. The summed E-state index contributed by atoms with van der Waals surface area (Å²) in [6, 6.07) is 9.17. The molecular formula is C21H22FN5O2. The highest BCUT2D eigenvalue weighted by atomic mass is 19.1. The summed E-state index contributed by atoms with van der Waals surface area (Å²) in [5, 5.41) is 9.35. The Hall–Kier alpha value is -3.55. The van der Waals surface area contributed by atoms with Crippen LogP contribution in [0.15, 0.2) is 42.6 Å². The van der Waals surface area contributed by atoms with Gasteiger partial charge < -0.3 is 10.6 Å². The first kappa shape index (κ1) is 20.2. The molecule has 0 atom stereocenters. The lowest BCUT2D eigenvalue weighted by atomic mass is 10.1. The second-order valence-electron chi connectivity index (χ2n) is 6.85. The number of hydrogen-bond acceptors (Lipinski definition) is 4. The lowest BCUT2D eigenvalue weighted by Crippen LogP contribution is -2.16. The van der Waals surface area contributed by atoms with Crippen molar-refractivity contribution in [1.82, 2.24) is 14.8 Å². The number of amides is 2. The fourth-order valence-electron chi connectivity index (χ4n) is 3.00. The maximum atomic E-state index is 14.0. The Balaban J connectivity index is 1.67. The van der Waals surface area contributed by atoms with Crippen molar-refractivity contribution < 1.29 is 14.0 Å². The fraction of sp³-hybridized carbons (Fsp3) is 0.238. The molecule has 0 fully saturated rings. The van der Waals surface area contributed by atoms with E-state index in [0.717, 1.165) is 23.0 Å². The zero-order valence-corrected chi connectivity index (χ0v) is 16.5. The maximum absolute atomic E-state index is 14.0. The summed E-state index contributed by atoms with van der Waals surface area (Å²) < 4.78 is 15.7. The molecule has 0 spiro atoms. The largest absolute Gasteiger partial charge is 0.326 e. The third-order valence-corrected chi connectivity index (χ3v) is 4.31. The molecule has 0 unspecified atom stereocenters. The van der Waals surface area contributed by atoms with Crippen molar-refractivity contribution in [3.63, 3.8) is 0 Å². The summed E-state index contributed by atoms with van der Waals surface area (Å²) in [5.74, 6) is -1.02. The smallest absolute Gasteiger partial charge is 0.256 e. The molecule has 150 valence electrons. The van der Waals surface area contributed by atoms with E-state index in [9.17, 15) is 14.0 Å². The minimum Gasteiger partial charge on any atom is -0.326 e. The van der Waals surface area contributed by atoms with Crippen molar-refractivity contribution in [2.45, 2.75) is 26.7 Å². The molecule has 7 nitrogen and oxygen atoms in total. The predicted octanol–water partition coefficient (Wildman–Crippen LogP) is 3.39. The Labute approximate surface area is 168 Å². The molecule has 29 heavy (non-hydrogen) atoms. The van der Waals surface area contributed by atoms with Gasteiger partial charge in [-0.05, 0) is 62.2 Å². The van der Waals surface area contributed by atoms with Crippen LogP contribution >= 0.6 is 0 Å². The molecule has 3 rings (SSSR count). The Bertz CT molecular complexity index is 1040. The summed E-state index contributed by atoms with van der Waals surface area (Å²) in [5.41, 5.74) is 2.95. The van der Waals surface area contributed by atoms with Crippen LogP contribution in [0, 0.1) is 19.7 Å². The Kier molecular flexibility index (Phi) is 6.01. The zero-order chi connectivity index (χ0) is 21.0. The third-order valence-electron chi connectivity index (χ3n) is 4.31. The highest BCUT2D eigenvalue weighted by Gasteiger charge is 2.12. The van der Waals surface area contributed by atoms with Crippen molar-refractivity contribution in [3.05, 3.63) is 70.9 Å². The van der Waals surface area contributed by atoms with Gasteiger partial charge in [0.15, 0.2) is 0 Å². The van der Waals surface area contributed by atoms with Gasteiger partial charge in [0.05, 0.1) is 0 Å². The van der Waals surface area contributed by atoms with Gasteiger partial charge in [0.25, 0.3) is 5.91 Å². The molecule has 2 aromatic heterocycles. The highest BCUT2D eigenvalue weighted by molar-refractivity contribution is 6.05. The normalized spacial score (nSPS) is 10.6. The van der Waals surface area contributed by atoms with Gasteiger partial charge in [-0.3, -0.25) is 14.3 Å². The molecule has 0 aliphatic heterocycles. The van der Waals surface area contributed by atoms with E-state index in [4.69, 9.17) is 0 Å². The van der Waals surface area contributed by atoms with Gasteiger partial charge in [0.1, 0.15) is 11.6 Å². The number of nitrogens with one attached hydrogen (secondary N) is 2. The first-order chi connectivity index (χ1) is 13.8. The fourth-order valence-corrected chi connectivity index (χ4v) is 3.00. The number of benzene rings is 1. The van der Waals surface area contributed by atoms with Gasteiger partial charge in [0, 0.05) is 42.3 Å². The molecular weight excluding hydrogens is 373 g/mol. The van der Waals surface area contributed by atoms with Crippen LogP contribution in [0.5, 0.6) is 0 Å². The molecule has 0 bridgehead atoms. The molecule has 8 heteroatoms. The third kappa shape index (κ3) is 5.47. The molecule has 0 saturated carbocycles. The number of carbonyl (C=O) groups excluding carboxylic acids is 2. The van der Waals surface area contributed by atoms with Gasteiger partial charge in [0.2, 0.25) is 5.91 Å². The summed E-state index contributed by atoms with van der Waals surface area (Å²) >= 11 is 0. The number of carbonyl (C=O) groups is 2. The first-order valence-electron chi connectivity index (χ1n) is 9.14. The molecule has 0 saturated heterocycles. The lowest BCUT2D eigenvalue weighted by molar-refractivity contribution is -0.116. The zero-order valence-electron chi connectivity index (χ0n) is 16.5. The van der Waals surface area contributed by atoms with Crippen molar-refractivity contribution in [3.8, 4) is 0 Å². The van der Waals surface area contributed by atoms with Crippen LogP contribution in [-0.4, -0.2) is 26.6 Å². The highest BCUT2D eigenvalue weighted by Crippen LogP contribution is 2.17. The van der Waals surface area contributed by atoms with Crippen LogP contribution in [0.25, 0.3) is 0 Å². The van der Waals surface area contributed by atoms with Crippen molar-refractivity contribution >= 4 is 23.3 Å². The van der Waals surface area contributed by atoms with E-state index in [-0.39, 0.29) is 23.6 Å². The standard InChI is InChI=1S/C21H22FN5O2/c1-13-8-14(2)24-19(9-13)26-21(29)15-10-16(22)12-17(11-15)25-20(28)5-4-18-6-7-23-27(18)3/h6-12H,4-5H2,1-3H3,(H,25,28)(H,24,26,29). The van der Waals surface area contributed by atoms with E-state index in [2.05, 4.69) is 20.7 Å². The number of nitrogens with zero attached hydrogens (tertiary/aromatic N) is 3. The van der Waals surface area contributed by atoms with Gasteiger partial charge in [-0.15, -0.1) is 0 Å². The van der Waals surface area contributed by atoms with Crippen LogP contribution in [0.3, 0.4) is 0 Å². The van der Waals surface area contributed by atoms with Gasteiger partial charge in [-0.2, -0.15) is 5.10 Å². The summed E-state index contributed by atoms with van der Waals surface area (Å²) in [7, 11) is 1.80. The minimum atomic E-state index is -0.618. The average molecular weight is 395 g/mol. The van der Waals surface area contributed by atoms with E-state index in [1.807, 2.05) is 26.0 Å². The van der Waals surface area contributed by atoms with Crippen molar-refractivity contribution in [1.29, 1.82) is 0 Å². The lowest BCUT2D eigenvalue weighted by Gasteiger charge is -2.10. The summed E-state index contributed by atoms with van der Waals surface area (Å²) in [4.78, 5) is 29.0. The topological polar surface area (TPSA) is 88.9 Å². The number of aromatic nitrogens is 3. The minimum absolute atomic E-state index is 0.0906. The van der Waals surface area contributed by atoms with Crippen LogP contribution in [0.2, 0.25) is 0 Å². The van der Waals surface area contributed by atoms with Crippen LogP contribution in [0.1, 0.15) is 33.7 Å². The molecule has 0 radical (unpaired) electrons. The molecule has 2 amide bonds. The van der Waals surface area contributed by atoms with E-state index in [1.165, 1.54) is 12.1 Å². The van der Waals surface area contributed by atoms with Crippen molar-refractivity contribution in [2.24, 2.45) is 7.05 Å². The molecule has 2 heterocycles. The number of halogens is 1. The van der Waals surface area contributed by atoms with Crippen LogP contribution in [-0.2, 0) is 18.3 Å². The monoisotopic (exact) mass is 395 g/mol. The van der Waals surface area contributed by atoms with E-state index in [1.54, 1.807) is 24.0 Å². The molecule has 3 aromatic rings. The number of pyridine rings is 1. The predicted molar refractivity (Wildman–Crippen MR) is 108 cm³/mol.